The van der Waals surface area contributed by atoms with Crippen molar-refractivity contribution < 1.29 is 9.18 Å². The van der Waals surface area contributed by atoms with Crippen molar-refractivity contribution in [3.63, 3.8) is 0 Å². The molecule has 0 aliphatic rings. The summed E-state index contributed by atoms with van der Waals surface area (Å²) in [6.07, 6.45) is 0. The van der Waals surface area contributed by atoms with E-state index in [1.807, 2.05) is 40.8 Å². The maximum Gasteiger partial charge on any atom is 0.193 e. The fraction of sp³-hybridized carbons (Fsp3) is 0. The molecule has 2 rings (SSSR count). The van der Waals surface area contributed by atoms with Crippen LogP contribution in [0.15, 0.2) is 48.5 Å². The molecule has 0 heterocycles. The van der Waals surface area contributed by atoms with Crippen LogP contribution in [-0.2, 0) is 0 Å². The van der Waals surface area contributed by atoms with Crippen LogP contribution in [0.5, 0.6) is 0 Å². The van der Waals surface area contributed by atoms with Crippen LogP contribution in [0.2, 0.25) is 0 Å². The first-order valence-corrected chi connectivity index (χ1v) is 5.81. The molecular weight excluding hydrogens is 318 g/mol. The first-order chi connectivity index (χ1) is 7.68. The quantitative estimate of drug-likeness (QED) is 0.608. The second kappa shape index (κ2) is 4.74. The van der Waals surface area contributed by atoms with Gasteiger partial charge in [-0.25, -0.2) is 4.39 Å². The topological polar surface area (TPSA) is 17.1 Å². The summed E-state index contributed by atoms with van der Waals surface area (Å²) in [5.74, 6) is -0.385. The molecule has 0 aliphatic carbocycles. The molecule has 2 aromatic rings. The maximum absolute atomic E-state index is 13.0. The minimum absolute atomic E-state index is 0.0847. The van der Waals surface area contributed by atoms with Crippen LogP contribution in [0.4, 0.5) is 4.39 Å². The highest BCUT2D eigenvalue weighted by molar-refractivity contribution is 14.1. The molecule has 0 spiro atoms. The number of halogens is 2. The Morgan fingerprint density at radius 1 is 1.00 bits per heavy atom. The Hall–Kier alpha value is -1.23. The monoisotopic (exact) mass is 326 g/mol. The Morgan fingerprint density at radius 3 is 2.31 bits per heavy atom. The van der Waals surface area contributed by atoms with Gasteiger partial charge in [0.1, 0.15) is 5.82 Å². The number of hydrogen-bond acceptors (Lipinski definition) is 1. The number of carbonyl (C=O) groups is 1. The fourth-order valence-electron chi connectivity index (χ4n) is 1.39. The molecule has 0 saturated carbocycles. The zero-order valence-corrected chi connectivity index (χ0v) is 10.4. The third-order valence-corrected chi connectivity index (χ3v) is 3.04. The van der Waals surface area contributed by atoms with Crippen LogP contribution >= 0.6 is 22.6 Å². The molecule has 0 radical (unpaired) electrons. The average molecular weight is 326 g/mol. The van der Waals surface area contributed by atoms with E-state index in [2.05, 4.69) is 0 Å². The van der Waals surface area contributed by atoms with Gasteiger partial charge in [-0.3, -0.25) is 4.79 Å². The summed E-state index contributed by atoms with van der Waals surface area (Å²) in [5.41, 5.74) is 1.13. The third-order valence-electron chi connectivity index (χ3n) is 2.22. The molecule has 0 aliphatic heterocycles. The number of rotatable bonds is 2. The molecule has 0 saturated heterocycles. The number of carbonyl (C=O) groups excluding carboxylic acids is 1. The van der Waals surface area contributed by atoms with Crippen molar-refractivity contribution in [2.24, 2.45) is 0 Å². The fourth-order valence-corrected chi connectivity index (χ4v) is 1.91. The number of hydrogen-bond donors (Lipinski definition) is 0. The van der Waals surface area contributed by atoms with E-state index in [4.69, 9.17) is 0 Å². The summed E-state index contributed by atoms with van der Waals surface area (Å²) in [7, 11) is 0. The molecule has 1 nitrogen and oxygen atoms in total. The van der Waals surface area contributed by atoms with Crippen molar-refractivity contribution >= 4 is 28.4 Å². The van der Waals surface area contributed by atoms with E-state index in [-0.39, 0.29) is 11.6 Å². The van der Waals surface area contributed by atoms with Gasteiger partial charge in [-0.15, -0.1) is 0 Å². The maximum atomic E-state index is 13.0. The van der Waals surface area contributed by atoms with Gasteiger partial charge in [0.05, 0.1) is 0 Å². The zero-order chi connectivity index (χ0) is 11.5. The van der Waals surface area contributed by atoms with Crippen LogP contribution in [0.1, 0.15) is 15.9 Å². The second-order valence-electron chi connectivity index (χ2n) is 3.32. The number of benzene rings is 2. The molecule has 3 heteroatoms. The molecule has 2 aromatic carbocycles. The normalized spacial score (nSPS) is 10.1. The Balaban J connectivity index is 2.39. The minimum atomic E-state index is -0.301. The van der Waals surface area contributed by atoms with Gasteiger partial charge in [0, 0.05) is 14.7 Å². The van der Waals surface area contributed by atoms with Gasteiger partial charge in [-0.05, 0) is 40.8 Å². The van der Waals surface area contributed by atoms with E-state index < -0.39 is 0 Å². The second-order valence-corrected chi connectivity index (χ2v) is 4.49. The van der Waals surface area contributed by atoms with Crippen LogP contribution < -0.4 is 0 Å². The lowest BCUT2D eigenvalue weighted by Crippen LogP contribution is -2.01. The molecule has 0 atom stereocenters. The van der Waals surface area contributed by atoms with Crippen molar-refractivity contribution in [1.82, 2.24) is 0 Å². The van der Waals surface area contributed by atoms with Gasteiger partial charge in [0.15, 0.2) is 5.78 Å². The largest absolute Gasteiger partial charge is 0.289 e. The molecule has 0 fully saturated rings. The average Bonchev–Trinajstić information content (AvgIpc) is 2.33. The van der Waals surface area contributed by atoms with Crippen LogP contribution in [0.3, 0.4) is 0 Å². The Kier molecular flexibility index (Phi) is 3.33. The molecule has 0 unspecified atom stereocenters. The van der Waals surface area contributed by atoms with Crippen LogP contribution in [-0.4, -0.2) is 5.78 Å². The molecule has 0 N–H and O–H groups in total. The van der Waals surface area contributed by atoms with Crippen molar-refractivity contribution in [3.05, 3.63) is 69.0 Å². The van der Waals surface area contributed by atoms with Gasteiger partial charge in [0.2, 0.25) is 0 Å². The van der Waals surface area contributed by atoms with E-state index in [0.29, 0.717) is 14.7 Å². The molecule has 0 bridgehead atoms. The lowest BCUT2D eigenvalue weighted by Gasteiger charge is -2.02. The van der Waals surface area contributed by atoms with Gasteiger partial charge in [-0.1, -0.05) is 30.3 Å². The molecular formula is C13H8FIO. The zero-order valence-electron chi connectivity index (χ0n) is 8.28. The lowest BCUT2D eigenvalue weighted by molar-refractivity contribution is 0.103. The smallest absolute Gasteiger partial charge is 0.193 e. The third kappa shape index (κ3) is 2.29. The van der Waals surface area contributed by atoms with Crippen LogP contribution in [0.25, 0.3) is 0 Å². The highest BCUT2D eigenvalue weighted by Crippen LogP contribution is 2.16. The first-order valence-electron chi connectivity index (χ1n) is 4.73. The van der Waals surface area contributed by atoms with Crippen LogP contribution in [0, 0.1) is 9.39 Å². The summed E-state index contributed by atoms with van der Waals surface area (Å²) in [6.45, 7) is 0. The SMILES string of the molecule is O=C(c1ccccc1)c1ccc(F)c(I)c1. The van der Waals surface area contributed by atoms with Crippen molar-refractivity contribution in [3.8, 4) is 0 Å². The van der Waals surface area contributed by atoms with Crippen molar-refractivity contribution in [2.75, 3.05) is 0 Å². The predicted molar refractivity (Wildman–Crippen MR) is 69.0 cm³/mol. The van der Waals surface area contributed by atoms with Gasteiger partial charge < -0.3 is 0 Å². The van der Waals surface area contributed by atoms with E-state index in [1.165, 1.54) is 12.1 Å². The van der Waals surface area contributed by atoms with Gasteiger partial charge in [0.25, 0.3) is 0 Å². The molecule has 0 aromatic heterocycles. The standard InChI is InChI=1S/C13H8FIO/c14-11-7-6-10(8-12(11)15)13(16)9-4-2-1-3-5-9/h1-8H. The summed E-state index contributed by atoms with van der Waals surface area (Å²) in [5, 5.41) is 0. The van der Waals surface area contributed by atoms with Gasteiger partial charge in [-0.2, -0.15) is 0 Å². The van der Waals surface area contributed by atoms with Gasteiger partial charge >= 0.3 is 0 Å². The summed E-state index contributed by atoms with van der Waals surface area (Å²) >= 11 is 1.88. The van der Waals surface area contributed by atoms with E-state index in [9.17, 15) is 9.18 Å². The minimum Gasteiger partial charge on any atom is -0.289 e. The molecule has 0 amide bonds. The van der Waals surface area contributed by atoms with E-state index in [0.717, 1.165) is 0 Å². The van der Waals surface area contributed by atoms with Crippen molar-refractivity contribution in [2.45, 2.75) is 0 Å². The first kappa shape index (κ1) is 11.3. The Labute approximate surface area is 106 Å². The summed E-state index contributed by atoms with van der Waals surface area (Å²) in [6, 6.07) is 13.3. The highest BCUT2D eigenvalue weighted by Gasteiger charge is 2.10. The Bertz CT molecular complexity index is 523. The molecule has 16 heavy (non-hydrogen) atoms. The van der Waals surface area contributed by atoms with E-state index >= 15 is 0 Å². The predicted octanol–water partition coefficient (Wildman–Crippen LogP) is 3.66. The summed E-state index contributed by atoms with van der Waals surface area (Å²) < 4.78 is 13.5. The highest BCUT2D eigenvalue weighted by atomic mass is 127. The lowest BCUT2D eigenvalue weighted by atomic mass is 10.0. The number of ketones is 1. The summed E-state index contributed by atoms with van der Waals surface area (Å²) in [4.78, 5) is 12.0. The molecule has 80 valence electrons. The Morgan fingerprint density at radius 2 is 1.69 bits per heavy atom. The van der Waals surface area contributed by atoms with E-state index in [1.54, 1.807) is 18.2 Å². The van der Waals surface area contributed by atoms with Crippen molar-refractivity contribution in [1.29, 1.82) is 0 Å².